The average molecular weight is 296 g/mol. The first kappa shape index (κ1) is 15.5. The number of rotatable bonds is 5. The van der Waals surface area contributed by atoms with E-state index >= 15 is 0 Å². The topological polar surface area (TPSA) is 49.4 Å². The van der Waals surface area contributed by atoms with Crippen LogP contribution in [0.1, 0.15) is 31.7 Å². The summed E-state index contributed by atoms with van der Waals surface area (Å²) in [7, 11) is -3.33. The standard InChI is InChI=1S/C15H24N2O2S/c1-3-10-16-14-8-11-17(12-9-14)20(18,19)15-7-5-4-6-13(15)2/h4-7,14,16H,3,8-12H2,1-2H3. The third-order valence-electron chi connectivity index (χ3n) is 3.85. The van der Waals surface area contributed by atoms with Crippen molar-refractivity contribution in [3.8, 4) is 0 Å². The molecular formula is C15H24N2O2S. The molecular weight excluding hydrogens is 272 g/mol. The van der Waals surface area contributed by atoms with Gasteiger partial charge in [-0.3, -0.25) is 0 Å². The van der Waals surface area contributed by atoms with E-state index in [2.05, 4.69) is 12.2 Å². The molecule has 1 aliphatic rings. The molecule has 112 valence electrons. The van der Waals surface area contributed by atoms with Crippen LogP contribution in [0, 0.1) is 6.92 Å². The molecule has 0 aliphatic carbocycles. The number of piperidine rings is 1. The molecule has 0 spiro atoms. The summed E-state index contributed by atoms with van der Waals surface area (Å²) in [6.45, 7) is 6.22. The smallest absolute Gasteiger partial charge is 0.243 e. The van der Waals surface area contributed by atoms with Crippen molar-refractivity contribution >= 4 is 10.0 Å². The molecule has 0 saturated carbocycles. The lowest BCUT2D eigenvalue weighted by Crippen LogP contribution is -2.45. The van der Waals surface area contributed by atoms with Crippen LogP contribution < -0.4 is 5.32 Å². The summed E-state index contributed by atoms with van der Waals surface area (Å²) in [5.41, 5.74) is 0.818. The van der Waals surface area contributed by atoms with Crippen LogP contribution in [-0.4, -0.2) is 38.4 Å². The molecule has 0 unspecified atom stereocenters. The Morgan fingerprint density at radius 1 is 1.25 bits per heavy atom. The Kier molecular flexibility index (Phi) is 5.18. The second-order valence-corrected chi connectivity index (χ2v) is 7.30. The molecule has 1 aromatic carbocycles. The molecule has 4 nitrogen and oxygen atoms in total. The van der Waals surface area contributed by atoms with E-state index in [-0.39, 0.29) is 0 Å². The highest BCUT2D eigenvalue weighted by atomic mass is 32.2. The van der Waals surface area contributed by atoms with Gasteiger partial charge in [-0.1, -0.05) is 25.1 Å². The van der Waals surface area contributed by atoms with Gasteiger partial charge < -0.3 is 5.32 Å². The Morgan fingerprint density at radius 2 is 1.90 bits per heavy atom. The van der Waals surface area contributed by atoms with Crippen LogP contribution in [0.5, 0.6) is 0 Å². The van der Waals surface area contributed by atoms with Gasteiger partial charge in [0.1, 0.15) is 0 Å². The van der Waals surface area contributed by atoms with Gasteiger partial charge in [0.25, 0.3) is 0 Å². The monoisotopic (exact) mass is 296 g/mol. The molecule has 1 aromatic rings. The van der Waals surface area contributed by atoms with E-state index in [4.69, 9.17) is 0 Å². The maximum atomic E-state index is 12.6. The van der Waals surface area contributed by atoms with Gasteiger partial charge in [0.2, 0.25) is 10.0 Å². The lowest BCUT2D eigenvalue weighted by atomic mass is 10.1. The Bertz CT molecular complexity index is 535. The van der Waals surface area contributed by atoms with Crippen molar-refractivity contribution in [2.75, 3.05) is 19.6 Å². The van der Waals surface area contributed by atoms with Gasteiger partial charge >= 0.3 is 0 Å². The average Bonchev–Trinajstić information content (AvgIpc) is 2.46. The predicted octanol–water partition coefficient (Wildman–Crippen LogP) is 2.15. The van der Waals surface area contributed by atoms with Gasteiger partial charge in [0.05, 0.1) is 4.90 Å². The first-order chi connectivity index (χ1) is 9.55. The van der Waals surface area contributed by atoms with Crippen molar-refractivity contribution in [3.05, 3.63) is 29.8 Å². The lowest BCUT2D eigenvalue weighted by Gasteiger charge is -2.32. The number of sulfonamides is 1. The van der Waals surface area contributed by atoms with Crippen molar-refractivity contribution < 1.29 is 8.42 Å². The number of aryl methyl sites for hydroxylation is 1. The number of benzene rings is 1. The van der Waals surface area contributed by atoms with E-state index in [9.17, 15) is 8.42 Å². The predicted molar refractivity (Wildman–Crippen MR) is 81.3 cm³/mol. The third kappa shape index (κ3) is 3.40. The zero-order valence-corrected chi connectivity index (χ0v) is 13.1. The van der Waals surface area contributed by atoms with Crippen molar-refractivity contribution in [2.45, 2.75) is 44.0 Å². The zero-order valence-electron chi connectivity index (χ0n) is 12.3. The summed E-state index contributed by atoms with van der Waals surface area (Å²) in [6, 6.07) is 7.66. The Balaban J connectivity index is 2.04. The Morgan fingerprint density at radius 3 is 2.50 bits per heavy atom. The fraction of sp³-hybridized carbons (Fsp3) is 0.600. The van der Waals surface area contributed by atoms with Gasteiger partial charge in [-0.15, -0.1) is 0 Å². The molecule has 0 radical (unpaired) electrons. The minimum atomic E-state index is -3.33. The molecule has 20 heavy (non-hydrogen) atoms. The van der Waals surface area contributed by atoms with E-state index in [0.717, 1.165) is 31.4 Å². The van der Waals surface area contributed by atoms with Crippen LogP contribution in [0.4, 0.5) is 0 Å². The Hall–Kier alpha value is -0.910. The first-order valence-electron chi connectivity index (χ1n) is 7.35. The van der Waals surface area contributed by atoms with Crippen molar-refractivity contribution in [2.24, 2.45) is 0 Å². The molecule has 1 saturated heterocycles. The van der Waals surface area contributed by atoms with E-state index < -0.39 is 10.0 Å². The summed E-state index contributed by atoms with van der Waals surface area (Å²) in [6.07, 6.45) is 2.90. The van der Waals surface area contributed by atoms with Gasteiger partial charge in [-0.25, -0.2) is 8.42 Å². The summed E-state index contributed by atoms with van der Waals surface area (Å²) in [5.74, 6) is 0. The number of hydrogen-bond acceptors (Lipinski definition) is 3. The largest absolute Gasteiger partial charge is 0.314 e. The fourth-order valence-electron chi connectivity index (χ4n) is 2.63. The first-order valence-corrected chi connectivity index (χ1v) is 8.79. The molecule has 1 aliphatic heterocycles. The molecule has 1 N–H and O–H groups in total. The second-order valence-electron chi connectivity index (χ2n) is 5.40. The van der Waals surface area contributed by atoms with Crippen LogP contribution in [-0.2, 0) is 10.0 Å². The quantitative estimate of drug-likeness (QED) is 0.906. The maximum absolute atomic E-state index is 12.6. The molecule has 1 fully saturated rings. The highest BCUT2D eigenvalue weighted by molar-refractivity contribution is 7.89. The van der Waals surface area contributed by atoms with Crippen LogP contribution in [0.15, 0.2) is 29.2 Å². The van der Waals surface area contributed by atoms with Crippen molar-refractivity contribution in [1.29, 1.82) is 0 Å². The molecule has 0 bridgehead atoms. The number of nitrogens with zero attached hydrogens (tertiary/aromatic N) is 1. The van der Waals surface area contributed by atoms with E-state index in [1.807, 2.05) is 19.1 Å². The molecule has 1 heterocycles. The van der Waals surface area contributed by atoms with Gasteiger partial charge in [-0.2, -0.15) is 4.31 Å². The highest BCUT2D eigenvalue weighted by Gasteiger charge is 2.29. The van der Waals surface area contributed by atoms with E-state index in [0.29, 0.717) is 24.0 Å². The lowest BCUT2D eigenvalue weighted by molar-refractivity contribution is 0.290. The minimum absolute atomic E-state index is 0.444. The minimum Gasteiger partial charge on any atom is -0.314 e. The normalized spacial score (nSPS) is 18.3. The highest BCUT2D eigenvalue weighted by Crippen LogP contribution is 2.23. The van der Waals surface area contributed by atoms with Crippen LogP contribution in [0.25, 0.3) is 0 Å². The van der Waals surface area contributed by atoms with Gasteiger partial charge in [0.15, 0.2) is 0 Å². The van der Waals surface area contributed by atoms with E-state index in [1.54, 1.807) is 16.4 Å². The molecule has 2 rings (SSSR count). The van der Waals surface area contributed by atoms with Crippen LogP contribution in [0.2, 0.25) is 0 Å². The molecule has 0 aromatic heterocycles. The maximum Gasteiger partial charge on any atom is 0.243 e. The van der Waals surface area contributed by atoms with Crippen molar-refractivity contribution in [1.82, 2.24) is 9.62 Å². The molecule has 5 heteroatoms. The summed E-state index contributed by atoms with van der Waals surface area (Å²) < 4.78 is 26.9. The molecule has 0 atom stereocenters. The summed E-state index contributed by atoms with van der Waals surface area (Å²) >= 11 is 0. The SMILES string of the molecule is CCCNC1CCN(S(=O)(=O)c2ccccc2C)CC1. The van der Waals surface area contributed by atoms with Gasteiger partial charge in [-0.05, 0) is 44.4 Å². The van der Waals surface area contributed by atoms with Crippen molar-refractivity contribution in [3.63, 3.8) is 0 Å². The van der Waals surface area contributed by atoms with E-state index in [1.165, 1.54) is 0 Å². The van der Waals surface area contributed by atoms with Crippen LogP contribution in [0.3, 0.4) is 0 Å². The zero-order chi connectivity index (χ0) is 14.6. The summed E-state index contributed by atoms with van der Waals surface area (Å²) in [5, 5.41) is 3.47. The van der Waals surface area contributed by atoms with Gasteiger partial charge in [0, 0.05) is 19.1 Å². The number of nitrogens with one attached hydrogen (secondary N) is 1. The summed E-state index contributed by atoms with van der Waals surface area (Å²) in [4.78, 5) is 0.444. The second kappa shape index (κ2) is 6.70. The van der Waals surface area contributed by atoms with Crippen LogP contribution >= 0.6 is 0 Å². The number of hydrogen-bond donors (Lipinski definition) is 1. The fourth-order valence-corrected chi connectivity index (χ4v) is 4.33. The Labute approximate surface area is 122 Å². The molecule has 0 amide bonds. The third-order valence-corrected chi connectivity index (χ3v) is 5.91.